The highest BCUT2D eigenvalue weighted by Crippen LogP contribution is 2.39. The quantitative estimate of drug-likeness (QED) is 0.608. The largest absolute Gasteiger partial charge is 0.495 e. The van der Waals surface area contributed by atoms with E-state index in [-0.39, 0.29) is 23.4 Å². The van der Waals surface area contributed by atoms with E-state index in [1.54, 1.807) is 19.1 Å². The lowest BCUT2D eigenvalue weighted by atomic mass is 9.85. The van der Waals surface area contributed by atoms with E-state index in [0.29, 0.717) is 5.75 Å². The third kappa shape index (κ3) is 3.73. The van der Waals surface area contributed by atoms with Gasteiger partial charge in [0.1, 0.15) is 12.5 Å². The number of halogens is 1. The van der Waals surface area contributed by atoms with E-state index in [9.17, 15) is 4.79 Å². The Bertz CT molecular complexity index is 469. The van der Waals surface area contributed by atoms with Gasteiger partial charge in [-0.25, -0.2) is 0 Å². The zero-order valence-corrected chi connectivity index (χ0v) is 14.3. The first-order valence-electron chi connectivity index (χ1n) is 6.39. The maximum absolute atomic E-state index is 12.2. The van der Waals surface area contributed by atoms with Crippen LogP contribution in [0.1, 0.15) is 26.3 Å². The average molecular weight is 344 g/mol. The Kier molecular flexibility index (Phi) is 6.02. The lowest BCUT2D eigenvalue weighted by Crippen LogP contribution is -2.35. The van der Waals surface area contributed by atoms with Crippen molar-refractivity contribution in [1.29, 1.82) is 0 Å². The molecule has 0 bridgehead atoms. The number of hydrogen-bond acceptors (Lipinski definition) is 3. The van der Waals surface area contributed by atoms with E-state index in [4.69, 9.17) is 9.47 Å². The van der Waals surface area contributed by atoms with Crippen LogP contribution < -0.4 is 9.64 Å². The van der Waals surface area contributed by atoms with Crippen molar-refractivity contribution in [3.63, 3.8) is 0 Å². The van der Waals surface area contributed by atoms with E-state index in [1.807, 2.05) is 18.2 Å². The summed E-state index contributed by atoms with van der Waals surface area (Å²) >= 11 is 3.22. The molecule has 20 heavy (non-hydrogen) atoms. The molecule has 0 atom stereocenters. The van der Waals surface area contributed by atoms with Gasteiger partial charge in [-0.1, -0.05) is 48.8 Å². The molecule has 0 fully saturated rings. The van der Waals surface area contributed by atoms with Crippen molar-refractivity contribution < 1.29 is 14.3 Å². The highest BCUT2D eigenvalue weighted by molar-refractivity contribution is 9.09. The number of para-hydroxylation sites is 1. The topological polar surface area (TPSA) is 38.8 Å². The highest BCUT2D eigenvalue weighted by atomic mass is 79.9. The summed E-state index contributed by atoms with van der Waals surface area (Å²) in [5, 5.41) is 0.234. The second kappa shape index (κ2) is 7.09. The standard InChI is InChI=1S/C15H22BrNO3/c1-15(2,3)11-7-6-8-12(20-5)14(11)17(10-19-4)13(18)9-16/h6-8H,9-10H2,1-5H3. The molecule has 0 aliphatic rings. The predicted molar refractivity (Wildman–Crippen MR) is 84.9 cm³/mol. The number of amides is 1. The van der Waals surface area contributed by atoms with Gasteiger partial charge < -0.3 is 9.47 Å². The molecular formula is C15H22BrNO3. The summed E-state index contributed by atoms with van der Waals surface area (Å²) in [6, 6.07) is 5.81. The summed E-state index contributed by atoms with van der Waals surface area (Å²) in [6.45, 7) is 6.51. The summed E-state index contributed by atoms with van der Waals surface area (Å²) in [4.78, 5) is 13.8. The number of rotatable bonds is 5. The third-order valence-corrected chi connectivity index (χ3v) is 3.45. The van der Waals surface area contributed by atoms with Gasteiger partial charge in [0, 0.05) is 7.11 Å². The molecule has 0 heterocycles. The normalized spacial score (nSPS) is 11.3. The van der Waals surface area contributed by atoms with Crippen molar-refractivity contribution in [2.75, 3.05) is 31.2 Å². The molecule has 1 rings (SSSR count). The number of hydrogen-bond donors (Lipinski definition) is 0. The molecule has 5 heteroatoms. The molecule has 1 aromatic carbocycles. The van der Waals surface area contributed by atoms with Crippen LogP contribution in [0.25, 0.3) is 0 Å². The van der Waals surface area contributed by atoms with Gasteiger partial charge in [-0.15, -0.1) is 0 Å². The number of carbonyl (C=O) groups excluding carboxylic acids is 1. The van der Waals surface area contributed by atoms with Gasteiger partial charge in [-0.2, -0.15) is 0 Å². The molecule has 0 unspecified atom stereocenters. The molecule has 0 radical (unpaired) electrons. The molecule has 0 aromatic heterocycles. The molecule has 112 valence electrons. The monoisotopic (exact) mass is 343 g/mol. The summed E-state index contributed by atoms with van der Waals surface area (Å²) < 4.78 is 10.6. The van der Waals surface area contributed by atoms with Crippen molar-refractivity contribution >= 4 is 27.5 Å². The van der Waals surface area contributed by atoms with Gasteiger partial charge in [0.2, 0.25) is 5.91 Å². The minimum Gasteiger partial charge on any atom is -0.495 e. The van der Waals surface area contributed by atoms with Crippen LogP contribution in [-0.2, 0) is 14.9 Å². The predicted octanol–water partition coefficient (Wildman–Crippen LogP) is 3.32. The Hall–Kier alpha value is -1.07. The van der Waals surface area contributed by atoms with Crippen molar-refractivity contribution in [2.24, 2.45) is 0 Å². The van der Waals surface area contributed by atoms with Crippen molar-refractivity contribution in [1.82, 2.24) is 0 Å². The summed E-state index contributed by atoms with van der Waals surface area (Å²) in [7, 11) is 3.18. The van der Waals surface area contributed by atoms with Gasteiger partial charge >= 0.3 is 0 Å². The molecule has 0 saturated carbocycles. The Morgan fingerprint density at radius 1 is 1.30 bits per heavy atom. The summed E-state index contributed by atoms with van der Waals surface area (Å²) in [6.07, 6.45) is 0. The minimum atomic E-state index is -0.109. The van der Waals surface area contributed by atoms with Crippen molar-refractivity contribution in [3.05, 3.63) is 23.8 Å². The van der Waals surface area contributed by atoms with Gasteiger partial charge in [0.05, 0.1) is 18.1 Å². The van der Waals surface area contributed by atoms with E-state index < -0.39 is 0 Å². The number of ether oxygens (including phenoxy) is 2. The Balaban J connectivity index is 3.48. The molecule has 1 aromatic rings. The number of benzene rings is 1. The second-order valence-corrected chi connectivity index (χ2v) is 6.04. The van der Waals surface area contributed by atoms with Crippen LogP contribution in [0.2, 0.25) is 0 Å². The van der Waals surface area contributed by atoms with Crippen LogP contribution in [0.4, 0.5) is 5.69 Å². The van der Waals surface area contributed by atoms with E-state index >= 15 is 0 Å². The Morgan fingerprint density at radius 2 is 1.95 bits per heavy atom. The van der Waals surface area contributed by atoms with Crippen molar-refractivity contribution in [2.45, 2.75) is 26.2 Å². The zero-order valence-electron chi connectivity index (χ0n) is 12.7. The SMILES string of the molecule is COCN(C(=O)CBr)c1c(OC)cccc1C(C)(C)C. The fraction of sp³-hybridized carbons (Fsp3) is 0.533. The maximum atomic E-state index is 12.2. The fourth-order valence-corrected chi connectivity index (χ4v) is 2.34. The van der Waals surface area contributed by atoms with Crippen LogP contribution in [-0.4, -0.2) is 32.2 Å². The van der Waals surface area contributed by atoms with Crippen LogP contribution in [0, 0.1) is 0 Å². The number of alkyl halides is 1. The number of carbonyl (C=O) groups is 1. The lowest BCUT2D eigenvalue weighted by molar-refractivity contribution is -0.117. The molecule has 0 N–H and O–H groups in total. The number of nitrogens with zero attached hydrogens (tertiary/aromatic N) is 1. The first kappa shape index (κ1) is 17.0. The highest BCUT2D eigenvalue weighted by Gasteiger charge is 2.27. The third-order valence-electron chi connectivity index (χ3n) is 2.97. The van der Waals surface area contributed by atoms with Gasteiger partial charge in [-0.3, -0.25) is 9.69 Å². The van der Waals surface area contributed by atoms with Crippen LogP contribution in [0.5, 0.6) is 5.75 Å². The first-order valence-corrected chi connectivity index (χ1v) is 7.51. The average Bonchev–Trinajstić information content (AvgIpc) is 2.42. The van der Waals surface area contributed by atoms with Crippen LogP contribution in [0.15, 0.2) is 18.2 Å². The van der Waals surface area contributed by atoms with E-state index in [0.717, 1.165) is 11.3 Å². The maximum Gasteiger partial charge on any atom is 0.239 e. The molecule has 1 amide bonds. The Morgan fingerprint density at radius 3 is 2.40 bits per heavy atom. The van der Waals surface area contributed by atoms with Gasteiger partial charge in [0.15, 0.2) is 0 Å². The smallest absolute Gasteiger partial charge is 0.239 e. The molecular weight excluding hydrogens is 322 g/mol. The minimum absolute atomic E-state index is 0.0677. The second-order valence-electron chi connectivity index (χ2n) is 5.48. The summed E-state index contributed by atoms with van der Waals surface area (Å²) in [5.41, 5.74) is 1.71. The first-order chi connectivity index (χ1) is 9.36. The number of methoxy groups -OCH3 is 2. The van der Waals surface area contributed by atoms with E-state index in [1.165, 1.54) is 0 Å². The summed E-state index contributed by atoms with van der Waals surface area (Å²) in [5.74, 6) is 0.602. The van der Waals surface area contributed by atoms with Crippen LogP contribution >= 0.6 is 15.9 Å². The molecule has 0 aliphatic carbocycles. The van der Waals surface area contributed by atoms with Gasteiger partial charge in [0.25, 0.3) is 0 Å². The molecule has 0 saturated heterocycles. The Labute approximate surface area is 129 Å². The molecule has 0 spiro atoms. The molecule has 4 nitrogen and oxygen atoms in total. The lowest BCUT2D eigenvalue weighted by Gasteiger charge is -2.30. The zero-order chi connectivity index (χ0) is 15.3. The number of anilines is 1. The van der Waals surface area contributed by atoms with Crippen molar-refractivity contribution in [3.8, 4) is 5.75 Å². The van der Waals surface area contributed by atoms with Gasteiger partial charge in [-0.05, 0) is 17.0 Å². The van der Waals surface area contributed by atoms with Crippen LogP contribution in [0.3, 0.4) is 0 Å². The fourth-order valence-electron chi connectivity index (χ4n) is 2.03. The van der Waals surface area contributed by atoms with E-state index in [2.05, 4.69) is 36.7 Å². The molecule has 0 aliphatic heterocycles.